The summed E-state index contributed by atoms with van der Waals surface area (Å²) in [5.74, 6) is 0.238. The summed E-state index contributed by atoms with van der Waals surface area (Å²) >= 11 is 0. The Hall–Kier alpha value is -3.55. The highest BCUT2D eigenvalue weighted by atomic mass is 16.5. The maximum Gasteiger partial charge on any atom is 0.332 e. The van der Waals surface area contributed by atoms with Gasteiger partial charge in [-0.1, -0.05) is 18.2 Å². The van der Waals surface area contributed by atoms with Gasteiger partial charge in [-0.05, 0) is 26.0 Å². The Balaban J connectivity index is 1.81. The molecular weight excluding hydrogens is 386 g/mol. The van der Waals surface area contributed by atoms with E-state index in [0.717, 1.165) is 4.90 Å². The lowest BCUT2D eigenvalue weighted by Crippen LogP contribution is -2.42. The minimum absolute atomic E-state index is 0.161. The zero-order valence-electron chi connectivity index (χ0n) is 17.4. The Morgan fingerprint density at radius 2 is 1.63 bits per heavy atom. The van der Waals surface area contributed by atoms with Crippen molar-refractivity contribution < 1.29 is 23.9 Å². The van der Waals surface area contributed by atoms with Gasteiger partial charge in [0.2, 0.25) is 5.91 Å². The zero-order chi connectivity index (χ0) is 21.8. The number of nitrogens with one attached hydrogen (secondary N) is 1. The number of hydrogen-bond acceptors (Lipinski definition) is 5. The topological polar surface area (TPSA) is 88.2 Å². The fourth-order valence-electron chi connectivity index (χ4n) is 3.46. The average molecular weight is 411 g/mol. The van der Waals surface area contributed by atoms with E-state index in [9.17, 15) is 14.4 Å². The van der Waals surface area contributed by atoms with E-state index in [4.69, 9.17) is 9.47 Å². The summed E-state index contributed by atoms with van der Waals surface area (Å²) < 4.78 is 10.4. The molecule has 0 radical (unpaired) electrons. The number of hydrogen-bond donors (Lipinski definition) is 1. The van der Waals surface area contributed by atoms with Crippen LogP contribution in [0.5, 0.6) is 11.5 Å². The average Bonchev–Trinajstić information content (AvgIpc) is 2.97. The Labute approximate surface area is 175 Å². The number of rotatable bonds is 7. The van der Waals surface area contributed by atoms with E-state index in [2.05, 4.69) is 5.32 Å². The lowest BCUT2D eigenvalue weighted by molar-refractivity contribution is -0.124. The lowest BCUT2D eigenvalue weighted by atomic mass is 10.1. The first kappa shape index (κ1) is 21.2. The molecule has 30 heavy (non-hydrogen) atoms. The molecule has 0 spiro atoms. The largest absolute Gasteiger partial charge is 0.497 e. The number of para-hydroxylation sites is 1. The number of carbonyl (C=O) groups is 3. The van der Waals surface area contributed by atoms with Crippen molar-refractivity contribution in [1.82, 2.24) is 4.90 Å². The summed E-state index contributed by atoms with van der Waals surface area (Å²) in [6.45, 7) is 3.63. The van der Waals surface area contributed by atoms with Gasteiger partial charge in [0.05, 0.1) is 26.3 Å². The second kappa shape index (κ2) is 8.86. The molecular formula is C22H25N3O5. The Morgan fingerprint density at radius 1 is 1.03 bits per heavy atom. The van der Waals surface area contributed by atoms with Crippen LogP contribution in [0.2, 0.25) is 0 Å². The van der Waals surface area contributed by atoms with Crippen molar-refractivity contribution in [3.63, 3.8) is 0 Å². The molecule has 1 N–H and O–H groups in total. The van der Waals surface area contributed by atoms with Crippen LogP contribution in [0.1, 0.15) is 20.3 Å². The molecule has 8 heteroatoms. The minimum Gasteiger partial charge on any atom is -0.497 e. The van der Waals surface area contributed by atoms with Crippen LogP contribution in [0.3, 0.4) is 0 Å². The zero-order valence-corrected chi connectivity index (χ0v) is 17.4. The van der Waals surface area contributed by atoms with Gasteiger partial charge in [0.25, 0.3) is 5.91 Å². The van der Waals surface area contributed by atoms with E-state index in [1.807, 2.05) is 19.9 Å². The van der Waals surface area contributed by atoms with Crippen LogP contribution in [0.25, 0.3) is 0 Å². The highest BCUT2D eigenvalue weighted by molar-refractivity contribution is 6.22. The fourth-order valence-corrected chi connectivity index (χ4v) is 3.46. The van der Waals surface area contributed by atoms with Gasteiger partial charge in [-0.25, -0.2) is 9.69 Å². The smallest absolute Gasteiger partial charge is 0.332 e. The second-order valence-electron chi connectivity index (χ2n) is 7.16. The normalized spacial score (nSPS) is 16.2. The summed E-state index contributed by atoms with van der Waals surface area (Å²) in [6.07, 6.45) is -0.161. The Kier molecular flexibility index (Phi) is 6.25. The van der Waals surface area contributed by atoms with Crippen LogP contribution in [-0.2, 0) is 9.59 Å². The highest BCUT2D eigenvalue weighted by Crippen LogP contribution is 2.29. The monoisotopic (exact) mass is 411 g/mol. The maximum atomic E-state index is 13.1. The first-order valence-electron chi connectivity index (χ1n) is 9.60. The van der Waals surface area contributed by atoms with Crippen molar-refractivity contribution in [3.8, 4) is 11.5 Å². The first-order valence-corrected chi connectivity index (χ1v) is 9.60. The lowest BCUT2D eigenvalue weighted by Gasteiger charge is -2.25. The molecule has 1 heterocycles. The summed E-state index contributed by atoms with van der Waals surface area (Å²) in [4.78, 5) is 41.3. The third-order valence-electron chi connectivity index (χ3n) is 4.84. The molecule has 2 aromatic rings. The summed E-state index contributed by atoms with van der Waals surface area (Å²) in [7, 11) is 3.03. The predicted molar refractivity (Wildman–Crippen MR) is 113 cm³/mol. The molecule has 0 aliphatic carbocycles. The standard InChI is InChI=1S/C22H25N3O5/c1-14(2)24-19(21(27)25(22(24)28)16-8-6-5-7-9-16)13-20(26)23-15-10-17(29-3)12-18(11-15)30-4/h5-12,14,19H,13H2,1-4H3,(H,23,26)/t19-/m0/s1. The third-order valence-corrected chi connectivity index (χ3v) is 4.84. The van der Waals surface area contributed by atoms with Crippen LogP contribution in [0.4, 0.5) is 16.2 Å². The predicted octanol–water partition coefficient (Wildman–Crippen LogP) is 3.28. The molecule has 0 aromatic heterocycles. The molecule has 1 aliphatic rings. The van der Waals surface area contributed by atoms with Crippen molar-refractivity contribution in [2.75, 3.05) is 24.4 Å². The Morgan fingerprint density at radius 3 is 2.17 bits per heavy atom. The van der Waals surface area contributed by atoms with Crippen LogP contribution in [-0.4, -0.2) is 49.0 Å². The highest BCUT2D eigenvalue weighted by Gasteiger charge is 2.47. The van der Waals surface area contributed by atoms with Gasteiger partial charge < -0.3 is 19.7 Å². The second-order valence-corrected chi connectivity index (χ2v) is 7.16. The number of methoxy groups -OCH3 is 2. The molecule has 0 unspecified atom stereocenters. The fraction of sp³-hybridized carbons (Fsp3) is 0.318. The van der Waals surface area contributed by atoms with E-state index in [1.54, 1.807) is 42.5 Å². The number of urea groups is 1. The molecule has 1 atom stereocenters. The number of anilines is 2. The van der Waals surface area contributed by atoms with Crippen molar-refractivity contribution in [3.05, 3.63) is 48.5 Å². The number of ether oxygens (including phenoxy) is 2. The van der Waals surface area contributed by atoms with Gasteiger partial charge in [0.1, 0.15) is 17.5 Å². The van der Waals surface area contributed by atoms with Gasteiger partial charge in [-0.15, -0.1) is 0 Å². The van der Waals surface area contributed by atoms with Crippen LogP contribution in [0, 0.1) is 0 Å². The van der Waals surface area contributed by atoms with Crippen molar-refractivity contribution in [2.45, 2.75) is 32.4 Å². The molecule has 2 aromatic carbocycles. The van der Waals surface area contributed by atoms with E-state index >= 15 is 0 Å². The molecule has 8 nitrogen and oxygen atoms in total. The summed E-state index contributed by atoms with van der Waals surface area (Å²) in [5, 5.41) is 2.76. The van der Waals surface area contributed by atoms with Gasteiger partial charge in [-0.2, -0.15) is 0 Å². The molecule has 1 fully saturated rings. The number of carbonyl (C=O) groups excluding carboxylic acids is 3. The van der Waals surface area contributed by atoms with Crippen LogP contribution >= 0.6 is 0 Å². The SMILES string of the molecule is COc1cc(NC(=O)C[C@H]2C(=O)N(c3ccccc3)C(=O)N2C(C)C)cc(OC)c1. The van der Waals surface area contributed by atoms with Crippen molar-refractivity contribution in [2.24, 2.45) is 0 Å². The molecule has 4 amide bonds. The van der Waals surface area contributed by atoms with Gasteiger partial charge in [0.15, 0.2) is 0 Å². The van der Waals surface area contributed by atoms with E-state index in [-0.39, 0.29) is 12.5 Å². The molecule has 3 rings (SSSR count). The summed E-state index contributed by atoms with van der Waals surface area (Å²) in [5.41, 5.74) is 0.961. The number of imide groups is 1. The van der Waals surface area contributed by atoms with E-state index in [1.165, 1.54) is 19.1 Å². The van der Waals surface area contributed by atoms with Gasteiger partial charge in [-0.3, -0.25) is 9.59 Å². The molecule has 158 valence electrons. The van der Waals surface area contributed by atoms with E-state index < -0.39 is 23.9 Å². The van der Waals surface area contributed by atoms with Crippen LogP contribution < -0.4 is 19.7 Å². The maximum absolute atomic E-state index is 13.1. The molecule has 0 saturated carbocycles. The Bertz CT molecular complexity index is 923. The van der Waals surface area contributed by atoms with E-state index in [0.29, 0.717) is 22.9 Å². The third kappa shape index (κ3) is 4.22. The van der Waals surface area contributed by atoms with Gasteiger partial charge in [0, 0.05) is 29.9 Å². The van der Waals surface area contributed by atoms with Crippen LogP contribution in [0.15, 0.2) is 48.5 Å². The minimum atomic E-state index is -0.884. The molecule has 1 aliphatic heterocycles. The number of nitrogens with zero attached hydrogens (tertiary/aromatic N) is 2. The van der Waals surface area contributed by atoms with Crippen molar-refractivity contribution in [1.29, 1.82) is 0 Å². The molecule has 0 bridgehead atoms. The quantitative estimate of drug-likeness (QED) is 0.707. The number of benzene rings is 2. The van der Waals surface area contributed by atoms with Crippen molar-refractivity contribution >= 4 is 29.2 Å². The first-order chi connectivity index (χ1) is 14.3. The summed E-state index contributed by atoms with van der Waals surface area (Å²) in [6, 6.07) is 12.1. The number of amides is 4. The molecule has 1 saturated heterocycles. The van der Waals surface area contributed by atoms with Gasteiger partial charge >= 0.3 is 6.03 Å².